The molecule has 1 fully saturated rings. The number of carbonyl (C=O) groups excluding carboxylic acids is 7. The van der Waals surface area contributed by atoms with Crippen molar-refractivity contribution < 1.29 is 72.3 Å². The number of carboxylic acid groups (broad SMARTS) is 2. The number of rotatable bonds is 56. The summed E-state index contributed by atoms with van der Waals surface area (Å²) in [6.45, 7) is 7.33. The molecule has 0 amide bonds. The van der Waals surface area contributed by atoms with Crippen LogP contribution in [0.15, 0.2) is 72.9 Å². The molecule has 2 N–H and O–H groups in total. The fraction of sp³-hybridized carbons (Fsp3) is 0.700. The summed E-state index contributed by atoms with van der Waals surface area (Å²) in [7, 11) is 0. The van der Waals surface area contributed by atoms with Crippen LogP contribution >= 0.6 is 0 Å². The molecule has 0 aliphatic carbocycles. The quantitative estimate of drug-likeness (QED) is 0.0110. The number of aldehydes is 1. The second-order valence-corrected chi connectivity index (χ2v) is 23.0. The third-order valence-corrected chi connectivity index (χ3v) is 15.7. The molecule has 0 spiro atoms. The van der Waals surface area contributed by atoms with E-state index >= 15 is 0 Å². The van der Waals surface area contributed by atoms with Crippen molar-refractivity contribution in [3.8, 4) is 0 Å². The number of unbranched alkanes of at least 4 members (excludes halogenated alkanes) is 21. The summed E-state index contributed by atoms with van der Waals surface area (Å²) in [5.74, 6) is -6.26. The lowest BCUT2D eigenvalue weighted by Gasteiger charge is -2.21. The molecule has 1 saturated heterocycles. The van der Waals surface area contributed by atoms with Gasteiger partial charge in [0.1, 0.15) is 25.3 Å². The molecule has 1 heterocycles. The van der Waals surface area contributed by atoms with Gasteiger partial charge in [0.05, 0.1) is 24.7 Å². The second kappa shape index (κ2) is 52.6. The molecule has 480 valence electrons. The summed E-state index contributed by atoms with van der Waals surface area (Å²) in [6, 6.07) is 0. The minimum Gasteiger partial charge on any atom is -0.481 e. The zero-order valence-corrected chi connectivity index (χ0v) is 52.6. The summed E-state index contributed by atoms with van der Waals surface area (Å²) in [5, 5.41) is 18.5. The highest BCUT2D eigenvalue weighted by molar-refractivity contribution is 5.95. The number of carbonyl (C=O) groups is 9. The Morgan fingerprint density at radius 2 is 1.07 bits per heavy atom. The van der Waals surface area contributed by atoms with Crippen molar-refractivity contribution >= 4 is 53.9 Å². The molecule has 1 rings (SSSR count). The number of hydrogen-bond acceptors (Lipinski definition) is 13. The van der Waals surface area contributed by atoms with E-state index in [4.69, 9.17) is 24.1 Å². The first-order valence-corrected chi connectivity index (χ1v) is 32.8. The van der Waals surface area contributed by atoms with Gasteiger partial charge < -0.3 is 34.0 Å². The maximum Gasteiger partial charge on any atom is 0.317 e. The molecule has 0 radical (unpaired) electrons. The van der Waals surface area contributed by atoms with Crippen LogP contribution in [-0.2, 0) is 62.1 Å². The number of allylic oxidation sites excluding steroid dienone is 12. The van der Waals surface area contributed by atoms with Crippen molar-refractivity contribution in [2.75, 3.05) is 13.2 Å². The minimum absolute atomic E-state index is 0.0135. The molecular weight excluding hydrogens is 1080 g/mol. The van der Waals surface area contributed by atoms with E-state index in [2.05, 4.69) is 44.2 Å². The molecule has 7 unspecified atom stereocenters. The van der Waals surface area contributed by atoms with Crippen LogP contribution in [0.5, 0.6) is 0 Å². The molecule has 15 heteroatoms. The molecule has 15 nitrogen and oxygen atoms in total. The fourth-order valence-corrected chi connectivity index (χ4v) is 10.6. The van der Waals surface area contributed by atoms with Crippen LogP contribution in [-0.4, -0.2) is 83.4 Å². The zero-order valence-electron chi connectivity index (χ0n) is 52.6. The molecule has 0 aromatic carbocycles. The molecule has 85 heavy (non-hydrogen) atoms. The first-order valence-electron chi connectivity index (χ1n) is 32.8. The van der Waals surface area contributed by atoms with Gasteiger partial charge in [0.2, 0.25) is 0 Å². The van der Waals surface area contributed by atoms with Gasteiger partial charge in [-0.3, -0.25) is 38.4 Å². The van der Waals surface area contributed by atoms with Crippen molar-refractivity contribution in [1.29, 1.82) is 0 Å². The minimum atomic E-state index is -1.13. The third-order valence-electron chi connectivity index (χ3n) is 15.7. The summed E-state index contributed by atoms with van der Waals surface area (Å²) in [4.78, 5) is 109. The number of hydrogen-bond donors (Lipinski definition) is 2. The van der Waals surface area contributed by atoms with E-state index in [0.717, 1.165) is 148 Å². The molecule has 0 saturated carbocycles. The van der Waals surface area contributed by atoms with Crippen LogP contribution in [0, 0.1) is 35.5 Å². The summed E-state index contributed by atoms with van der Waals surface area (Å²) >= 11 is 0. The Morgan fingerprint density at radius 3 is 1.62 bits per heavy atom. The van der Waals surface area contributed by atoms with Gasteiger partial charge in [0.15, 0.2) is 6.10 Å². The van der Waals surface area contributed by atoms with Crippen molar-refractivity contribution in [2.45, 2.75) is 265 Å². The van der Waals surface area contributed by atoms with E-state index in [9.17, 15) is 48.3 Å². The Balaban J connectivity index is 2.61. The van der Waals surface area contributed by atoms with Gasteiger partial charge in [-0.15, -0.1) is 0 Å². The number of ketones is 1. The van der Waals surface area contributed by atoms with E-state index in [-0.39, 0.29) is 74.8 Å². The Morgan fingerprint density at radius 1 is 0.553 bits per heavy atom. The molecule has 0 aromatic rings. The van der Waals surface area contributed by atoms with Gasteiger partial charge >= 0.3 is 41.8 Å². The number of esters is 5. The SMILES string of the molecule is CCCCCCCCC(/C=C/CCCCCCC(=O)OC(COC(=O)CCCCCCC/C=C\C=C\C(CCCCC)C1CC(=O)OC1=O)COC(=O)CCCCCCC/C=C\C/C=C\C=C\C(CC)C(CC(=O)O)C(=O)O)C(CC=O)C(C)=O. The summed E-state index contributed by atoms with van der Waals surface area (Å²) in [6.07, 6.45) is 52.5. The highest BCUT2D eigenvalue weighted by Crippen LogP contribution is 2.30. The second-order valence-electron chi connectivity index (χ2n) is 23.0. The van der Waals surface area contributed by atoms with Crippen molar-refractivity contribution in [1.82, 2.24) is 0 Å². The predicted molar refractivity (Wildman–Crippen MR) is 334 cm³/mol. The normalized spacial score (nSPS) is 15.9. The summed E-state index contributed by atoms with van der Waals surface area (Å²) in [5.41, 5.74) is 0. The Labute approximate surface area is 510 Å². The van der Waals surface area contributed by atoms with Gasteiger partial charge in [-0.2, -0.15) is 0 Å². The largest absolute Gasteiger partial charge is 0.481 e. The standard InChI is InChI=1S/C70H110O15/c1-5-8-10-11-27-36-44-58(61(50-51-71)56(4)72)45-37-30-25-26-33-41-49-67(77)84-60(54-82-65(75)47-39-31-23-19-15-13-12-14-17-21-28-35-42-57(7-3)62(69(79)80)52-64(73)74)55-83-66(76)48-40-32-24-20-16-18-22-29-38-46-59(43-34-9-6-2)63-53-68(78)85-70(63)81/h12,14,21-22,28-29,35,37-38,42,45-46,51,57-63H,5-11,13,15-20,23-27,30-34,36,39-41,43-44,47-50,52-55H2,1-4H3,(H,73,74)(H,79,80)/b14-12-,28-21-,29-22-,42-35+,45-37+,46-38+. The van der Waals surface area contributed by atoms with E-state index in [0.29, 0.717) is 25.7 Å². The molecule has 0 bridgehead atoms. The summed E-state index contributed by atoms with van der Waals surface area (Å²) < 4.78 is 21.6. The average Bonchev–Trinajstić information content (AvgIpc) is 4.01. The highest BCUT2D eigenvalue weighted by atomic mass is 16.6. The Kier molecular flexibility index (Phi) is 47.8. The van der Waals surface area contributed by atoms with Crippen LogP contribution in [0.3, 0.4) is 0 Å². The predicted octanol–water partition coefficient (Wildman–Crippen LogP) is 16.2. The fourth-order valence-electron chi connectivity index (χ4n) is 10.6. The van der Waals surface area contributed by atoms with Crippen molar-refractivity contribution in [3.63, 3.8) is 0 Å². The topological polar surface area (TPSA) is 231 Å². The zero-order chi connectivity index (χ0) is 62.6. The van der Waals surface area contributed by atoms with E-state index < -0.39 is 66.1 Å². The highest BCUT2D eigenvalue weighted by Gasteiger charge is 2.38. The van der Waals surface area contributed by atoms with Crippen molar-refractivity contribution in [2.24, 2.45) is 35.5 Å². The monoisotopic (exact) mass is 1190 g/mol. The molecular formula is C70H110O15. The van der Waals surface area contributed by atoms with Crippen LogP contribution < -0.4 is 0 Å². The lowest BCUT2D eigenvalue weighted by atomic mass is 9.82. The molecule has 0 aromatic heterocycles. The molecule has 1 aliphatic rings. The number of Topliss-reactive ketones (excluding diaryl/α,β-unsaturated/α-hetero) is 1. The van der Waals surface area contributed by atoms with Crippen LogP contribution in [0.1, 0.15) is 259 Å². The van der Waals surface area contributed by atoms with Crippen LogP contribution in [0.4, 0.5) is 0 Å². The maximum absolute atomic E-state index is 13.1. The molecule has 1 aliphatic heterocycles. The van der Waals surface area contributed by atoms with Gasteiger partial charge in [-0.05, 0) is 108 Å². The van der Waals surface area contributed by atoms with Crippen LogP contribution in [0.25, 0.3) is 0 Å². The van der Waals surface area contributed by atoms with Gasteiger partial charge in [0.25, 0.3) is 0 Å². The average molecular weight is 1190 g/mol. The number of carboxylic acids is 2. The molecule has 7 atom stereocenters. The maximum atomic E-state index is 13.1. The van der Waals surface area contributed by atoms with E-state index in [1.165, 1.54) is 25.7 Å². The lowest BCUT2D eigenvalue weighted by molar-refractivity contribution is -0.167. The van der Waals surface area contributed by atoms with Crippen LogP contribution in [0.2, 0.25) is 0 Å². The Bertz CT molecular complexity index is 2060. The van der Waals surface area contributed by atoms with E-state index in [1.807, 2.05) is 37.3 Å². The number of aliphatic carboxylic acids is 2. The smallest absolute Gasteiger partial charge is 0.317 e. The van der Waals surface area contributed by atoms with Gasteiger partial charge in [0, 0.05) is 31.6 Å². The van der Waals surface area contributed by atoms with Crippen molar-refractivity contribution in [3.05, 3.63) is 72.9 Å². The first-order chi connectivity index (χ1) is 41.2. The number of ether oxygens (including phenoxy) is 4. The first kappa shape index (κ1) is 77.3. The lowest BCUT2D eigenvalue weighted by Crippen LogP contribution is -2.30. The van der Waals surface area contributed by atoms with Gasteiger partial charge in [-0.25, -0.2) is 0 Å². The van der Waals surface area contributed by atoms with Gasteiger partial charge in [-0.1, -0.05) is 203 Å². The Hall–Kier alpha value is -5.73. The third kappa shape index (κ3) is 41.9. The van der Waals surface area contributed by atoms with E-state index in [1.54, 1.807) is 19.1 Å². The number of cyclic esters (lactones) is 2.